The van der Waals surface area contributed by atoms with Gasteiger partial charge in [0.2, 0.25) is 5.96 Å². The lowest BCUT2D eigenvalue weighted by atomic mass is 9.96. The Labute approximate surface area is 100 Å². The molecule has 0 rings (SSSR count). The van der Waals surface area contributed by atoms with E-state index in [9.17, 15) is 0 Å². The van der Waals surface area contributed by atoms with Crippen molar-refractivity contribution < 1.29 is 0 Å². The van der Waals surface area contributed by atoms with Gasteiger partial charge < -0.3 is 5.32 Å². The maximum atomic E-state index is 5.45. The molecule has 0 aliphatic heterocycles. The van der Waals surface area contributed by atoms with Crippen LogP contribution in [0.25, 0.3) is 0 Å². The molecule has 0 spiro atoms. The number of rotatable bonds is 6. The molecule has 0 aromatic heterocycles. The maximum absolute atomic E-state index is 5.45. The van der Waals surface area contributed by atoms with E-state index in [1.54, 1.807) is 0 Å². The second kappa shape index (κ2) is 8.39. The topological polar surface area (TPSA) is 62.4 Å². The number of nitrogens with two attached hydrogens (primary N) is 1. The summed E-state index contributed by atoms with van der Waals surface area (Å²) >= 11 is 0. The summed E-state index contributed by atoms with van der Waals surface area (Å²) in [6.07, 6.45) is 2.35. The summed E-state index contributed by atoms with van der Waals surface area (Å²) < 4.78 is 0. The Balaban J connectivity index is 4.24. The second-order valence-electron chi connectivity index (χ2n) is 4.74. The normalized spacial score (nSPS) is 14.4. The Morgan fingerprint density at radius 1 is 1.19 bits per heavy atom. The largest absolute Gasteiger partial charge is 0.353 e. The maximum Gasteiger partial charge on any atom is 0.205 e. The van der Waals surface area contributed by atoms with Gasteiger partial charge in [-0.25, -0.2) is 5.84 Å². The Hall–Kier alpha value is -0.770. The van der Waals surface area contributed by atoms with Crippen molar-refractivity contribution in [3.63, 3.8) is 0 Å². The van der Waals surface area contributed by atoms with Gasteiger partial charge in [0.05, 0.1) is 0 Å². The first-order valence-electron chi connectivity index (χ1n) is 6.32. The lowest BCUT2D eigenvalue weighted by molar-refractivity contribution is 0.387. The molecule has 16 heavy (non-hydrogen) atoms. The van der Waals surface area contributed by atoms with Gasteiger partial charge in [0.1, 0.15) is 0 Å². The molecule has 0 bridgehead atoms. The molecule has 4 nitrogen and oxygen atoms in total. The molecule has 0 amide bonds. The van der Waals surface area contributed by atoms with Crippen LogP contribution in [0.3, 0.4) is 0 Å². The van der Waals surface area contributed by atoms with Crippen LogP contribution >= 0.6 is 0 Å². The van der Waals surface area contributed by atoms with Gasteiger partial charge >= 0.3 is 0 Å². The zero-order chi connectivity index (χ0) is 12.6. The SMILES string of the molecule is CCC(CC)C(C)NC(=NCC(C)C)NN. The Morgan fingerprint density at radius 2 is 1.75 bits per heavy atom. The third-order valence-corrected chi connectivity index (χ3v) is 2.87. The minimum atomic E-state index is 0.400. The lowest BCUT2D eigenvalue weighted by Crippen LogP contribution is -2.47. The average Bonchev–Trinajstić information content (AvgIpc) is 2.25. The van der Waals surface area contributed by atoms with Crippen molar-refractivity contribution in [3.05, 3.63) is 0 Å². The highest BCUT2D eigenvalue weighted by Crippen LogP contribution is 2.12. The third-order valence-electron chi connectivity index (χ3n) is 2.87. The smallest absolute Gasteiger partial charge is 0.205 e. The number of nitrogens with one attached hydrogen (secondary N) is 2. The highest BCUT2D eigenvalue weighted by Gasteiger charge is 2.14. The van der Waals surface area contributed by atoms with Crippen molar-refractivity contribution in [3.8, 4) is 0 Å². The molecule has 0 heterocycles. The fraction of sp³-hybridized carbons (Fsp3) is 0.917. The fourth-order valence-corrected chi connectivity index (χ4v) is 1.74. The van der Waals surface area contributed by atoms with Crippen LogP contribution in [0, 0.1) is 11.8 Å². The van der Waals surface area contributed by atoms with Crippen molar-refractivity contribution in [1.82, 2.24) is 10.7 Å². The first-order valence-corrected chi connectivity index (χ1v) is 6.32. The predicted octanol–water partition coefficient (Wildman–Crippen LogP) is 1.88. The Bertz CT molecular complexity index is 197. The summed E-state index contributed by atoms with van der Waals surface area (Å²) in [5.41, 5.74) is 2.63. The van der Waals surface area contributed by atoms with Crippen LogP contribution in [0.4, 0.5) is 0 Å². The summed E-state index contributed by atoms with van der Waals surface area (Å²) in [5, 5.41) is 3.34. The summed E-state index contributed by atoms with van der Waals surface area (Å²) in [4.78, 5) is 4.40. The highest BCUT2D eigenvalue weighted by atomic mass is 15.3. The number of aliphatic imine (C=N–C) groups is 1. The summed E-state index contributed by atoms with van der Waals surface area (Å²) in [6, 6.07) is 0.400. The molecule has 0 aromatic carbocycles. The molecular weight excluding hydrogens is 200 g/mol. The van der Waals surface area contributed by atoms with Crippen LogP contribution in [0.2, 0.25) is 0 Å². The molecule has 0 aliphatic carbocycles. The number of hydrogen-bond acceptors (Lipinski definition) is 2. The second-order valence-corrected chi connectivity index (χ2v) is 4.74. The van der Waals surface area contributed by atoms with Gasteiger partial charge in [0.15, 0.2) is 0 Å². The van der Waals surface area contributed by atoms with E-state index in [-0.39, 0.29) is 0 Å². The van der Waals surface area contributed by atoms with Crippen LogP contribution < -0.4 is 16.6 Å². The van der Waals surface area contributed by atoms with Gasteiger partial charge in [-0.05, 0) is 18.8 Å². The van der Waals surface area contributed by atoms with Gasteiger partial charge in [-0.1, -0.05) is 40.5 Å². The first-order chi connectivity index (χ1) is 7.54. The molecular formula is C12H28N4. The number of guanidine groups is 1. The van der Waals surface area contributed by atoms with E-state index >= 15 is 0 Å². The Morgan fingerprint density at radius 3 is 2.12 bits per heavy atom. The number of hydrazine groups is 1. The predicted molar refractivity (Wildman–Crippen MR) is 71.1 cm³/mol. The van der Waals surface area contributed by atoms with Crippen molar-refractivity contribution in [1.29, 1.82) is 0 Å². The lowest BCUT2D eigenvalue weighted by Gasteiger charge is -2.24. The molecule has 0 aliphatic rings. The van der Waals surface area contributed by atoms with Gasteiger partial charge in [0, 0.05) is 12.6 Å². The zero-order valence-electron chi connectivity index (χ0n) is 11.4. The Kier molecular flexibility index (Phi) is 7.99. The summed E-state index contributed by atoms with van der Waals surface area (Å²) in [6.45, 7) is 11.7. The van der Waals surface area contributed by atoms with Gasteiger partial charge in [0.25, 0.3) is 0 Å². The fourth-order valence-electron chi connectivity index (χ4n) is 1.74. The van der Waals surface area contributed by atoms with Crippen molar-refractivity contribution in [2.75, 3.05) is 6.54 Å². The van der Waals surface area contributed by atoms with E-state index in [0.29, 0.717) is 23.8 Å². The first kappa shape index (κ1) is 15.2. The van der Waals surface area contributed by atoms with Gasteiger partial charge in [-0.15, -0.1) is 0 Å². The summed E-state index contributed by atoms with van der Waals surface area (Å²) in [7, 11) is 0. The highest BCUT2D eigenvalue weighted by molar-refractivity contribution is 5.79. The van der Waals surface area contributed by atoms with E-state index in [1.807, 2.05) is 0 Å². The molecule has 1 unspecified atom stereocenters. The van der Waals surface area contributed by atoms with Crippen molar-refractivity contribution >= 4 is 5.96 Å². The van der Waals surface area contributed by atoms with Gasteiger partial charge in [-0.2, -0.15) is 0 Å². The van der Waals surface area contributed by atoms with E-state index in [0.717, 1.165) is 6.54 Å². The molecule has 96 valence electrons. The standard InChI is InChI=1S/C12H28N4/c1-6-11(7-2)10(5)15-12(16-13)14-8-9(3)4/h9-11H,6-8,13H2,1-5H3,(H2,14,15,16). The van der Waals surface area contributed by atoms with E-state index in [1.165, 1.54) is 12.8 Å². The van der Waals surface area contributed by atoms with Gasteiger partial charge in [-0.3, -0.25) is 10.4 Å². The monoisotopic (exact) mass is 228 g/mol. The minimum Gasteiger partial charge on any atom is -0.353 e. The van der Waals surface area contributed by atoms with E-state index in [2.05, 4.69) is 50.4 Å². The molecule has 0 aromatic rings. The zero-order valence-corrected chi connectivity index (χ0v) is 11.4. The molecule has 0 fully saturated rings. The van der Waals surface area contributed by atoms with Crippen LogP contribution in [-0.4, -0.2) is 18.5 Å². The van der Waals surface area contributed by atoms with Crippen LogP contribution in [0.5, 0.6) is 0 Å². The molecule has 4 N–H and O–H groups in total. The van der Waals surface area contributed by atoms with E-state index in [4.69, 9.17) is 5.84 Å². The van der Waals surface area contributed by atoms with Crippen molar-refractivity contribution in [2.45, 2.75) is 53.5 Å². The van der Waals surface area contributed by atoms with Crippen molar-refractivity contribution in [2.24, 2.45) is 22.7 Å². The number of hydrogen-bond donors (Lipinski definition) is 3. The number of nitrogens with zero attached hydrogens (tertiary/aromatic N) is 1. The molecule has 4 heteroatoms. The molecule has 0 saturated carbocycles. The van der Waals surface area contributed by atoms with Crippen LogP contribution in [0.1, 0.15) is 47.5 Å². The minimum absolute atomic E-state index is 0.400. The quantitative estimate of drug-likeness (QED) is 0.281. The molecule has 0 saturated heterocycles. The summed E-state index contributed by atoms with van der Waals surface area (Å²) in [5.74, 6) is 7.36. The molecule has 0 radical (unpaired) electrons. The average molecular weight is 228 g/mol. The van der Waals surface area contributed by atoms with E-state index < -0.39 is 0 Å². The van der Waals surface area contributed by atoms with Crippen LogP contribution in [0.15, 0.2) is 4.99 Å². The van der Waals surface area contributed by atoms with Crippen LogP contribution in [-0.2, 0) is 0 Å². The molecule has 1 atom stereocenters. The third kappa shape index (κ3) is 5.95.